The lowest BCUT2D eigenvalue weighted by Gasteiger charge is -2.44. The number of para-hydroxylation sites is 1. The van der Waals surface area contributed by atoms with Crippen molar-refractivity contribution in [2.45, 2.75) is 49.7 Å². The van der Waals surface area contributed by atoms with E-state index in [4.69, 9.17) is 9.47 Å². The van der Waals surface area contributed by atoms with Gasteiger partial charge in [-0.15, -0.1) is 13.2 Å². The summed E-state index contributed by atoms with van der Waals surface area (Å²) in [4.78, 5) is 12.5. The number of urea groups is 1. The molecule has 2 aromatic rings. The smallest absolute Gasteiger partial charge is 0.473 e. The Morgan fingerprint density at radius 1 is 1.11 bits per heavy atom. The van der Waals surface area contributed by atoms with E-state index in [0.29, 0.717) is 25.5 Å². The van der Waals surface area contributed by atoms with Gasteiger partial charge in [-0.05, 0) is 37.6 Å². The van der Waals surface area contributed by atoms with Crippen molar-refractivity contribution in [1.82, 2.24) is 10.6 Å². The first-order chi connectivity index (χ1) is 17.4. The molecule has 7 nitrogen and oxygen atoms in total. The van der Waals surface area contributed by atoms with Crippen LogP contribution in [0.2, 0.25) is 0 Å². The molecule has 3 atom stereocenters. The number of hydrogen-bond acceptors (Lipinski definition) is 5. The molecule has 2 fully saturated rings. The van der Waals surface area contributed by atoms with E-state index in [1.807, 2.05) is 0 Å². The van der Waals surface area contributed by atoms with Gasteiger partial charge in [-0.1, -0.05) is 18.2 Å². The van der Waals surface area contributed by atoms with Gasteiger partial charge in [0.2, 0.25) is 0 Å². The number of alkyl halides is 6. The number of piperidine rings is 1. The van der Waals surface area contributed by atoms with Crippen LogP contribution < -0.4 is 25.4 Å². The van der Waals surface area contributed by atoms with Crippen molar-refractivity contribution < 1.29 is 49.7 Å². The van der Waals surface area contributed by atoms with E-state index >= 15 is 0 Å². The zero-order valence-corrected chi connectivity index (χ0v) is 19.0. The molecule has 2 heterocycles. The molecule has 3 N–H and O–H groups in total. The summed E-state index contributed by atoms with van der Waals surface area (Å²) >= 11 is 0. The second-order valence-electron chi connectivity index (χ2n) is 8.45. The molecule has 202 valence electrons. The number of nitrogens with one attached hydrogen (secondary N) is 3. The molecule has 2 amide bonds. The van der Waals surface area contributed by atoms with Gasteiger partial charge >= 0.3 is 18.6 Å². The van der Waals surface area contributed by atoms with Gasteiger partial charge in [-0.25, -0.2) is 9.18 Å². The molecule has 0 aromatic heterocycles. The maximum atomic E-state index is 14.2. The van der Waals surface area contributed by atoms with E-state index in [2.05, 4.69) is 20.7 Å². The first-order valence-electron chi connectivity index (χ1n) is 11.2. The average molecular weight is 537 g/mol. The molecule has 2 unspecified atom stereocenters. The molecule has 0 aliphatic carbocycles. The highest BCUT2D eigenvalue weighted by Gasteiger charge is 2.62. The van der Waals surface area contributed by atoms with Crippen molar-refractivity contribution in [2.75, 3.05) is 18.5 Å². The minimum absolute atomic E-state index is 0.0558. The van der Waals surface area contributed by atoms with E-state index in [-0.39, 0.29) is 24.3 Å². The normalized spacial score (nSPS) is 24.1. The minimum Gasteiger partial charge on any atom is -0.473 e. The molecule has 2 aliphatic heterocycles. The number of rotatable bonds is 6. The Labute approximate surface area is 206 Å². The quantitative estimate of drug-likeness (QED) is 0.443. The second kappa shape index (κ2) is 10.2. The Kier molecular flexibility index (Phi) is 7.42. The summed E-state index contributed by atoms with van der Waals surface area (Å²) in [6.07, 6.45) is -9.90. The van der Waals surface area contributed by atoms with Crippen LogP contribution in [0.15, 0.2) is 42.5 Å². The van der Waals surface area contributed by atoms with Gasteiger partial charge in [-0.2, -0.15) is 13.2 Å². The molecule has 2 saturated heterocycles. The van der Waals surface area contributed by atoms with Gasteiger partial charge in [0.15, 0.2) is 11.8 Å². The van der Waals surface area contributed by atoms with E-state index in [1.165, 1.54) is 24.3 Å². The van der Waals surface area contributed by atoms with Crippen molar-refractivity contribution in [3.05, 3.63) is 53.8 Å². The number of carbonyl (C=O) groups is 1. The zero-order chi connectivity index (χ0) is 26.8. The summed E-state index contributed by atoms with van der Waals surface area (Å²) in [5.41, 5.74) is -3.08. The predicted octanol–water partition coefficient (Wildman–Crippen LogP) is 5.18. The molecule has 0 saturated carbocycles. The molecular weight excluding hydrogens is 515 g/mol. The third kappa shape index (κ3) is 6.01. The number of benzene rings is 2. The minimum atomic E-state index is -5.01. The van der Waals surface area contributed by atoms with Crippen molar-refractivity contribution >= 4 is 11.7 Å². The lowest BCUT2D eigenvalue weighted by molar-refractivity contribution is -0.334. The maximum absolute atomic E-state index is 14.2. The highest BCUT2D eigenvalue weighted by Crippen LogP contribution is 2.52. The van der Waals surface area contributed by atoms with Crippen molar-refractivity contribution in [1.29, 1.82) is 0 Å². The first kappa shape index (κ1) is 26.8. The Bertz CT molecular complexity index is 1120. The third-order valence-corrected chi connectivity index (χ3v) is 5.98. The molecule has 2 aromatic carbocycles. The van der Waals surface area contributed by atoms with Gasteiger partial charge in [-0.3, -0.25) is 5.32 Å². The molecule has 0 bridgehead atoms. The summed E-state index contributed by atoms with van der Waals surface area (Å²) in [7, 11) is 0. The van der Waals surface area contributed by atoms with E-state index < -0.39 is 53.7 Å². The molecule has 2 aliphatic rings. The lowest BCUT2D eigenvalue weighted by Crippen LogP contribution is -2.57. The first-order valence-corrected chi connectivity index (χ1v) is 11.2. The van der Waals surface area contributed by atoms with Crippen molar-refractivity contribution in [3.63, 3.8) is 0 Å². The molecular formula is C23H22F7N3O4. The Morgan fingerprint density at radius 2 is 1.84 bits per heavy atom. The predicted molar refractivity (Wildman–Crippen MR) is 115 cm³/mol. The summed E-state index contributed by atoms with van der Waals surface area (Å²) in [6.45, 7) is 0.405. The van der Waals surface area contributed by atoms with Crippen LogP contribution in [0.1, 0.15) is 24.8 Å². The Morgan fingerprint density at radius 3 is 2.46 bits per heavy atom. The van der Waals surface area contributed by atoms with Crippen molar-refractivity contribution in [3.8, 4) is 11.5 Å². The highest BCUT2D eigenvalue weighted by molar-refractivity contribution is 5.89. The van der Waals surface area contributed by atoms with Gasteiger partial charge in [0, 0.05) is 18.1 Å². The maximum Gasteiger partial charge on any atom is 0.573 e. The van der Waals surface area contributed by atoms with Gasteiger partial charge < -0.3 is 24.8 Å². The number of amides is 2. The fraction of sp³-hybridized carbons (Fsp3) is 0.435. The highest BCUT2D eigenvalue weighted by atomic mass is 19.4. The van der Waals surface area contributed by atoms with Crippen LogP contribution >= 0.6 is 0 Å². The topological polar surface area (TPSA) is 80.9 Å². The average Bonchev–Trinajstić information content (AvgIpc) is 2.75. The Hall–Kier alpha value is -3.26. The summed E-state index contributed by atoms with van der Waals surface area (Å²) in [5, 5.41) is 7.75. The number of ether oxygens (including phenoxy) is 3. The summed E-state index contributed by atoms with van der Waals surface area (Å²) < 4.78 is 107. The lowest BCUT2D eigenvalue weighted by atomic mass is 9.85. The van der Waals surface area contributed by atoms with Crippen molar-refractivity contribution in [2.24, 2.45) is 0 Å². The van der Waals surface area contributed by atoms with Crippen LogP contribution in [0.4, 0.5) is 41.2 Å². The largest absolute Gasteiger partial charge is 0.573 e. The Balaban J connectivity index is 1.45. The molecule has 37 heavy (non-hydrogen) atoms. The molecule has 0 spiro atoms. The molecule has 14 heteroatoms. The van der Waals surface area contributed by atoms with E-state index in [0.717, 1.165) is 12.1 Å². The second-order valence-corrected chi connectivity index (χ2v) is 8.45. The fourth-order valence-electron chi connectivity index (χ4n) is 4.19. The fourth-order valence-corrected chi connectivity index (χ4v) is 4.19. The number of carbonyl (C=O) groups excluding carboxylic acids is 1. The third-order valence-electron chi connectivity index (χ3n) is 5.98. The standard InChI is InChI=1S/C23H22F7N3O4/c24-15-12-13(37-23(28,29)30)7-8-16(15)32-20(34)33-17-5-3-10-31-19(17)36-18-6-2-1-4-14(18)21(9-11-35-21)22(25,26)27/h1-2,4,6-8,12,17,19,31H,3,5,9-11H2,(H2,32,33,34)/t17?,19?,21-/m0/s1. The monoisotopic (exact) mass is 537 g/mol. The zero-order valence-electron chi connectivity index (χ0n) is 19.0. The molecule has 0 radical (unpaired) electrons. The summed E-state index contributed by atoms with van der Waals surface area (Å²) in [6, 6.07) is 6.16. The van der Waals surface area contributed by atoms with Crippen LogP contribution in [0.5, 0.6) is 11.5 Å². The van der Waals surface area contributed by atoms with Gasteiger partial charge in [0.05, 0.1) is 18.3 Å². The van der Waals surface area contributed by atoms with Crippen LogP contribution in [-0.4, -0.2) is 44.0 Å². The molecule has 4 rings (SSSR count). The van der Waals surface area contributed by atoms with Crippen LogP contribution in [0.3, 0.4) is 0 Å². The van der Waals surface area contributed by atoms with Crippen LogP contribution in [-0.2, 0) is 10.3 Å². The van der Waals surface area contributed by atoms with Gasteiger partial charge in [0.25, 0.3) is 0 Å². The number of anilines is 1. The van der Waals surface area contributed by atoms with Crippen LogP contribution in [0, 0.1) is 5.82 Å². The van der Waals surface area contributed by atoms with Crippen LogP contribution in [0.25, 0.3) is 0 Å². The van der Waals surface area contributed by atoms with E-state index in [9.17, 15) is 35.5 Å². The summed E-state index contributed by atoms with van der Waals surface area (Å²) in [5.74, 6) is -2.04. The van der Waals surface area contributed by atoms with Gasteiger partial charge in [0.1, 0.15) is 17.3 Å². The number of hydrogen-bond donors (Lipinski definition) is 3. The SMILES string of the molecule is O=C(Nc1ccc(OC(F)(F)F)cc1F)NC1CCCNC1Oc1ccccc1[C@]1(C(F)(F)F)CCO1. The van der Waals surface area contributed by atoms with E-state index in [1.54, 1.807) is 0 Å². The number of halogens is 7.